The Hall–Kier alpha value is -2.49. The van der Waals surface area contributed by atoms with E-state index in [9.17, 15) is 9.59 Å². The second kappa shape index (κ2) is 9.82. The molecular formula is C22H21ClN2O3S. The molecule has 2 aromatic carbocycles. The Balaban J connectivity index is 1.64. The number of hydrogen-bond acceptors (Lipinski definition) is 5. The molecule has 0 unspecified atom stereocenters. The third-order valence-corrected chi connectivity index (χ3v) is 6.22. The van der Waals surface area contributed by atoms with Gasteiger partial charge in [0.25, 0.3) is 5.91 Å². The lowest BCUT2D eigenvalue weighted by Gasteiger charge is -2.27. The van der Waals surface area contributed by atoms with Gasteiger partial charge in [0.15, 0.2) is 6.61 Å². The van der Waals surface area contributed by atoms with E-state index in [-0.39, 0.29) is 18.3 Å². The first-order valence-corrected chi connectivity index (χ1v) is 10.7. The van der Waals surface area contributed by atoms with Crippen molar-refractivity contribution in [2.45, 2.75) is 36.0 Å². The SMILES string of the molecule is N#CCSc1ccccc1NC(=O)COC(=O)C1(c2ccc(Cl)cc2)CCCC1. The maximum atomic E-state index is 12.9. The smallest absolute Gasteiger partial charge is 0.317 e. The van der Waals surface area contributed by atoms with E-state index in [0.717, 1.165) is 23.3 Å². The summed E-state index contributed by atoms with van der Waals surface area (Å²) >= 11 is 7.32. The molecule has 0 saturated heterocycles. The van der Waals surface area contributed by atoms with E-state index in [4.69, 9.17) is 21.6 Å². The van der Waals surface area contributed by atoms with Gasteiger partial charge in [0, 0.05) is 9.92 Å². The van der Waals surface area contributed by atoms with Crippen molar-refractivity contribution < 1.29 is 14.3 Å². The number of hydrogen-bond donors (Lipinski definition) is 1. The highest BCUT2D eigenvalue weighted by Crippen LogP contribution is 2.42. The van der Waals surface area contributed by atoms with Crippen molar-refractivity contribution in [3.05, 3.63) is 59.1 Å². The number of nitrogens with one attached hydrogen (secondary N) is 1. The van der Waals surface area contributed by atoms with Crippen LogP contribution < -0.4 is 5.32 Å². The van der Waals surface area contributed by atoms with Crippen molar-refractivity contribution in [2.24, 2.45) is 0 Å². The van der Waals surface area contributed by atoms with Crippen LogP contribution in [0.25, 0.3) is 0 Å². The maximum Gasteiger partial charge on any atom is 0.317 e. The number of amides is 1. The molecule has 3 rings (SSSR count). The van der Waals surface area contributed by atoms with Gasteiger partial charge in [-0.15, -0.1) is 11.8 Å². The summed E-state index contributed by atoms with van der Waals surface area (Å²) in [6, 6.07) is 16.5. The molecule has 0 aliphatic heterocycles. The van der Waals surface area contributed by atoms with Crippen LogP contribution in [0.15, 0.2) is 53.4 Å². The molecule has 0 bridgehead atoms. The highest BCUT2D eigenvalue weighted by atomic mass is 35.5. The fourth-order valence-electron chi connectivity index (χ4n) is 3.62. The third kappa shape index (κ3) is 5.11. The zero-order valence-electron chi connectivity index (χ0n) is 15.8. The van der Waals surface area contributed by atoms with Crippen molar-refractivity contribution in [2.75, 3.05) is 17.7 Å². The van der Waals surface area contributed by atoms with Crippen molar-refractivity contribution >= 4 is 40.9 Å². The van der Waals surface area contributed by atoms with Gasteiger partial charge in [0.1, 0.15) is 0 Å². The van der Waals surface area contributed by atoms with E-state index < -0.39 is 11.3 Å². The molecule has 1 aliphatic carbocycles. The molecule has 7 heteroatoms. The van der Waals surface area contributed by atoms with E-state index >= 15 is 0 Å². The van der Waals surface area contributed by atoms with Crippen molar-refractivity contribution in [1.82, 2.24) is 0 Å². The van der Waals surface area contributed by atoms with Crippen LogP contribution in [-0.2, 0) is 19.7 Å². The summed E-state index contributed by atoms with van der Waals surface area (Å²) in [6.07, 6.45) is 3.27. The molecule has 1 fully saturated rings. The summed E-state index contributed by atoms with van der Waals surface area (Å²) in [5.74, 6) is -0.502. The van der Waals surface area contributed by atoms with Crippen LogP contribution in [0.3, 0.4) is 0 Å². The van der Waals surface area contributed by atoms with Crippen LogP contribution in [0.2, 0.25) is 5.02 Å². The summed E-state index contributed by atoms with van der Waals surface area (Å²) in [5, 5.41) is 12.1. The normalized spacial score (nSPS) is 14.8. The van der Waals surface area contributed by atoms with Crippen LogP contribution in [0.5, 0.6) is 0 Å². The first-order chi connectivity index (χ1) is 14.0. The van der Waals surface area contributed by atoms with Gasteiger partial charge < -0.3 is 10.1 Å². The summed E-state index contributed by atoms with van der Waals surface area (Å²) in [4.78, 5) is 26.1. The number of nitriles is 1. The van der Waals surface area contributed by atoms with Gasteiger partial charge in [-0.3, -0.25) is 9.59 Å². The topological polar surface area (TPSA) is 79.2 Å². The van der Waals surface area contributed by atoms with E-state index in [1.807, 2.05) is 24.3 Å². The van der Waals surface area contributed by atoms with E-state index in [0.29, 0.717) is 23.6 Å². The fourth-order valence-corrected chi connectivity index (χ4v) is 4.41. The largest absolute Gasteiger partial charge is 0.455 e. The van der Waals surface area contributed by atoms with Gasteiger partial charge in [0.05, 0.1) is 22.9 Å². The van der Waals surface area contributed by atoms with Gasteiger partial charge in [-0.25, -0.2) is 0 Å². The minimum Gasteiger partial charge on any atom is -0.455 e. The van der Waals surface area contributed by atoms with E-state index in [1.165, 1.54) is 11.8 Å². The van der Waals surface area contributed by atoms with Crippen LogP contribution >= 0.6 is 23.4 Å². The predicted molar refractivity (Wildman–Crippen MR) is 114 cm³/mol. The molecular weight excluding hydrogens is 408 g/mol. The average molecular weight is 429 g/mol. The lowest BCUT2D eigenvalue weighted by molar-refractivity contribution is -0.153. The first-order valence-electron chi connectivity index (χ1n) is 9.37. The predicted octanol–water partition coefficient (Wildman–Crippen LogP) is 4.95. The molecule has 1 N–H and O–H groups in total. The quantitative estimate of drug-likeness (QED) is 0.498. The van der Waals surface area contributed by atoms with Gasteiger partial charge in [-0.2, -0.15) is 5.26 Å². The Morgan fingerprint density at radius 1 is 1.14 bits per heavy atom. The van der Waals surface area contributed by atoms with E-state index in [1.54, 1.807) is 24.3 Å². The number of esters is 1. The lowest BCUT2D eigenvalue weighted by Crippen LogP contribution is -2.36. The van der Waals surface area contributed by atoms with Crippen LogP contribution in [-0.4, -0.2) is 24.2 Å². The van der Waals surface area contributed by atoms with Crippen LogP contribution in [0.4, 0.5) is 5.69 Å². The maximum absolute atomic E-state index is 12.9. The second-order valence-corrected chi connectivity index (χ2v) is 8.32. The molecule has 0 radical (unpaired) electrons. The van der Waals surface area contributed by atoms with E-state index in [2.05, 4.69) is 11.4 Å². The molecule has 1 saturated carbocycles. The minimum absolute atomic E-state index is 0.283. The van der Waals surface area contributed by atoms with Gasteiger partial charge in [-0.05, 0) is 42.7 Å². The highest BCUT2D eigenvalue weighted by Gasteiger charge is 2.44. The van der Waals surface area contributed by atoms with Crippen LogP contribution in [0.1, 0.15) is 31.2 Å². The molecule has 150 valence electrons. The zero-order valence-corrected chi connectivity index (χ0v) is 17.4. The number of anilines is 1. The third-order valence-electron chi connectivity index (χ3n) is 5.03. The molecule has 1 aliphatic rings. The number of benzene rings is 2. The van der Waals surface area contributed by atoms with Gasteiger partial charge in [-0.1, -0.05) is 48.7 Å². The number of ether oxygens (including phenoxy) is 1. The minimum atomic E-state index is -0.717. The zero-order chi connectivity index (χ0) is 20.7. The highest BCUT2D eigenvalue weighted by molar-refractivity contribution is 7.99. The number of carbonyl (C=O) groups excluding carboxylic acids is 2. The van der Waals surface area contributed by atoms with Crippen molar-refractivity contribution in [1.29, 1.82) is 5.26 Å². The standard InChI is InChI=1S/C22H21ClN2O3S/c23-17-9-7-16(8-10-17)22(11-3-4-12-22)21(27)28-15-20(26)25-18-5-1-2-6-19(18)29-14-13-24/h1-2,5-10H,3-4,11-12,14-15H2,(H,25,26). The summed E-state index contributed by atoms with van der Waals surface area (Å²) in [6.45, 7) is -0.356. The van der Waals surface area contributed by atoms with Gasteiger partial charge in [0.2, 0.25) is 0 Å². The summed E-state index contributed by atoms with van der Waals surface area (Å²) in [7, 11) is 0. The molecule has 0 spiro atoms. The van der Waals surface area contributed by atoms with Crippen molar-refractivity contribution in [3.8, 4) is 6.07 Å². The Morgan fingerprint density at radius 2 is 1.83 bits per heavy atom. The van der Waals surface area contributed by atoms with Crippen LogP contribution in [0, 0.1) is 11.3 Å². The molecule has 0 aromatic heterocycles. The lowest BCUT2D eigenvalue weighted by atomic mass is 9.79. The summed E-state index contributed by atoms with van der Waals surface area (Å²) < 4.78 is 5.43. The fraction of sp³-hybridized carbons (Fsp3) is 0.318. The number of carbonyl (C=O) groups is 2. The summed E-state index contributed by atoms with van der Waals surface area (Å²) in [5.41, 5.74) is 0.760. The molecule has 5 nitrogen and oxygen atoms in total. The van der Waals surface area contributed by atoms with Crippen molar-refractivity contribution in [3.63, 3.8) is 0 Å². The number of para-hydroxylation sites is 1. The molecule has 2 aromatic rings. The first kappa shape index (κ1) is 21.2. The Bertz CT molecular complexity index is 918. The second-order valence-electron chi connectivity index (χ2n) is 6.86. The number of halogens is 1. The number of nitrogens with zero attached hydrogens (tertiary/aromatic N) is 1. The molecule has 1 amide bonds. The number of thioether (sulfide) groups is 1. The molecule has 29 heavy (non-hydrogen) atoms. The Morgan fingerprint density at radius 3 is 2.52 bits per heavy atom. The Labute approximate surface area is 179 Å². The average Bonchev–Trinajstić information content (AvgIpc) is 3.23. The monoisotopic (exact) mass is 428 g/mol. The molecule has 0 heterocycles. The van der Waals surface area contributed by atoms with Gasteiger partial charge >= 0.3 is 5.97 Å². The Kier molecular flexibility index (Phi) is 7.18. The molecule has 0 atom stereocenters. The number of rotatable bonds is 7.